The molecule has 0 spiro atoms. The number of carbonyl (C=O) groups is 3. The van der Waals surface area contributed by atoms with Gasteiger partial charge in [-0.3, -0.25) is 4.79 Å². The van der Waals surface area contributed by atoms with Crippen LogP contribution >= 0.6 is 11.6 Å². The number of carbonyl (C=O) groups excluding carboxylic acids is 3. The van der Waals surface area contributed by atoms with Gasteiger partial charge in [0.1, 0.15) is 6.04 Å². The first-order valence-corrected chi connectivity index (χ1v) is 8.23. The second-order valence-corrected chi connectivity index (χ2v) is 5.82. The van der Waals surface area contributed by atoms with Gasteiger partial charge in [-0.1, -0.05) is 50.1 Å². The molecule has 1 aromatic carbocycles. The van der Waals surface area contributed by atoms with E-state index in [2.05, 4.69) is 10.1 Å². The number of benzene rings is 1. The summed E-state index contributed by atoms with van der Waals surface area (Å²) in [6.07, 6.45) is 3.36. The van der Waals surface area contributed by atoms with Gasteiger partial charge in [-0.05, 0) is 23.6 Å². The SMILES string of the molecule is CC[C@@H](C)[C@@H](NC(=O)COC(=O)/C=C/c1ccccc1Cl)C(=O)OC. The third-order valence-corrected chi connectivity index (χ3v) is 3.98. The molecule has 25 heavy (non-hydrogen) atoms. The van der Waals surface area contributed by atoms with Crippen LogP contribution in [0.4, 0.5) is 0 Å². The Morgan fingerprint density at radius 3 is 2.56 bits per heavy atom. The Labute approximate surface area is 152 Å². The Morgan fingerprint density at radius 2 is 1.96 bits per heavy atom. The van der Waals surface area contributed by atoms with E-state index >= 15 is 0 Å². The van der Waals surface area contributed by atoms with Crippen LogP contribution in [0.5, 0.6) is 0 Å². The Kier molecular flexibility index (Phi) is 8.70. The van der Waals surface area contributed by atoms with Gasteiger partial charge in [0.25, 0.3) is 5.91 Å². The van der Waals surface area contributed by atoms with Gasteiger partial charge in [0.05, 0.1) is 7.11 Å². The monoisotopic (exact) mass is 367 g/mol. The maximum atomic E-state index is 11.9. The third kappa shape index (κ3) is 6.97. The van der Waals surface area contributed by atoms with Crippen molar-refractivity contribution in [3.8, 4) is 0 Å². The molecule has 1 aromatic rings. The summed E-state index contributed by atoms with van der Waals surface area (Å²) >= 11 is 5.97. The quantitative estimate of drug-likeness (QED) is 0.564. The predicted molar refractivity (Wildman–Crippen MR) is 94.8 cm³/mol. The maximum Gasteiger partial charge on any atom is 0.331 e. The second kappa shape index (κ2) is 10.5. The number of hydrogen-bond acceptors (Lipinski definition) is 5. The largest absolute Gasteiger partial charge is 0.467 e. The van der Waals surface area contributed by atoms with E-state index in [9.17, 15) is 14.4 Å². The minimum Gasteiger partial charge on any atom is -0.467 e. The molecule has 0 aromatic heterocycles. The molecule has 0 bridgehead atoms. The highest BCUT2D eigenvalue weighted by molar-refractivity contribution is 6.32. The highest BCUT2D eigenvalue weighted by Crippen LogP contribution is 2.16. The molecule has 0 fully saturated rings. The molecule has 0 aliphatic carbocycles. The number of ether oxygens (including phenoxy) is 2. The summed E-state index contributed by atoms with van der Waals surface area (Å²) in [6, 6.07) is 6.22. The summed E-state index contributed by atoms with van der Waals surface area (Å²) < 4.78 is 9.54. The molecule has 136 valence electrons. The fraction of sp³-hybridized carbons (Fsp3) is 0.389. The summed E-state index contributed by atoms with van der Waals surface area (Å²) in [7, 11) is 1.25. The van der Waals surface area contributed by atoms with E-state index in [1.165, 1.54) is 19.3 Å². The van der Waals surface area contributed by atoms with Crippen molar-refractivity contribution in [2.75, 3.05) is 13.7 Å². The second-order valence-electron chi connectivity index (χ2n) is 5.42. The average molecular weight is 368 g/mol. The maximum absolute atomic E-state index is 11.9. The predicted octanol–water partition coefficient (Wildman–Crippen LogP) is 2.60. The van der Waals surface area contributed by atoms with Crippen molar-refractivity contribution >= 4 is 35.5 Å². The van der Waals surface area contributed by atoms with Crippen LogP contribution < -0.4 is 5.32 Å². The topological polar surface area (TPSA) is 81.7 Å². The molecule has 7 heteroatoms. The van der Waals surface area contributed by atoms with E-state index in [0.717, 1.165) is 0 Å². The summed E-state index contributed by atoms with van der Waals surface area (Å²) in [6.45, 7) is 3.22. The average Bonchev–Trinajstić information content (AvgIpc) is 2.62. The van der Waals surface area contributed by atoms with Gasteiger partial charge < -0.3 is 14.8 Å². The number of nitrogens with one attached hydrogen (secondary N) is 1. The Balaban J connectivity index is 2.53. The molecule has 1 N–H and O–H groups in total. The zero-order valence-electron chi connectivity index (χ0n) is 14.5. The van der Waals surface area contributed by atoms with Crippen molar-refractivity contribution in [3.63, 3.8) is 0 Å². The standard InChI is InChI=1S/C18H22ClNO5/c1-4-12(2)17(18(23)24-3)20-15(21)11-25-16(22)10-9-13-7-5-6-8-14(13)19/h5-10,12,17H,4,11H2,1-3H3,(H,20,21)/b10-9+/t12-,17-/m1/s1. The molecular weight excluding hydrogens is 346 g/mol. The van der Waals surface area contributed by atoms with Crippen LogP contribution in [0.15, 0.2) is 30.3 Å². The van der Waals surface area contributed by atoms with Crippen LogP contribution in [0, 0.1) is 5.92 Å². The summed E-state index contributed by atoms with van der Waals surface area (Å²) in [5, 5.41) is 3.02. The molecular formula is C18H22ClNO5. The van der Waals surface area contributed by atoms with Crippen molar-refractivity contribution in [1.29, 1.82) is 0 Å². The van der Waals surface area contributed by atoms with E-state index in [1.54, 1.807) is 24.3 Å². The minimum atomic E-state index is -0.778. The number of methoxy groups -OCH3 is 1. The zero-order valence-corrected chi connectivity index (χ0v) is 15.2. The van der Waals surface area contributed by atoms with Gasteiger partial charge in [-0.25, -0.2) is 9.59 Å². The molecule has 2 atom stereocenters. The lowest BCUT2D eigenvalue weighted by molar-refractivity contribution is -0.148. The molecule has 0 saturated carbocycles. The van der Waals surface area contributed by atoms with Crippen molar-refractivity contribution < 1.29 is 23.9 Å². The Morgan fingerprint density at radius 1 is 1.28 bits per heavy atom. The van der Waals surface area contributed by atoms with Crippen LogP contribution in [0.3, 0.4) is 0 Å². The Bertz CT molecular complexity index is 644. The van der Waals surface area contributed by atoms with Gasteiger partial charge in [0.15, 0.2) is 6.61 Å². The van der Waals surface area contributed by atoms with Crippen molar-refractivity contribution in [3.05, 3.63) is 40.9 Å². The fourth-order valence-corrected chi connectivity index (χ4v) is 2.16. The fourth-order valence-electron chi connectivity index (χ4n) is 1.96. The van der Waals surface area contributed by atoms with E-state index in [-0.39, 0.29) is 5.92 Å². The molecule has 0 aliphatic rings. The number of esters is 2. The van der Waals surface area contributed by atoms with Gasteiger partial charge in [0, 0.05) is 11.1 Å². The lowest BCUT2D eigenvalue weighted by atomic mass is 9.99. The highest BCUT2D eigenvalue weighted by atomic mass is 35.5. The molecule has 0 heterocycles. The first kappa shape index (κ1) is 20.7. The van der Waals surface area contributed by atoms with Crippen LogP contribution in [0.1, 0.15) is 25.8 Å². The van der Waals surface area contributed by atoms with Crippen LogP contribution in [-0.4, -0.2) is 37.6 Å². The number of hydrogen-bond donors (Lipinski definition) is 1. The highest BCUT2D eigenvalue weighted by Gasteiger charge is 2.26. The molecule has 0 aliphatic heterocycles. The van der Waals surface area contributed by atoms with Gasteiger partial charge in [0.2, 0.25) is 0 Å². The van der Waals surface area contributed by atoms with Crippen LogP contribution in [0.25, 0.3) is 6.08 Å². The minimum absolute atomic E-state index is 0.104. The summed E-state index contributed by atoms with van der Waals surface area (Å²) in [5.74, 6) is -1.90. The number of halogens is 1. The van der Waals surface area contributed by atoms with Crippen molar-refractivity contribution in [2.45, 2.75) is 26.3 Å². The van der Waals surface area contributed by atoms with E-state index in [0.29, 0.717) is 17.0 Å². The smallest absolute Gasteiger partial charge is 0.331 e. The van der Waals surface area contributed by atoms with Gasteiger partial charge in [-0.15, -0.1) is 0 Å². The first-order chi connectivity index (χ1) is 11.9. The lowest BCUT2D eigenvalue weighted by Gasteiger charge is -2.21. The molecule has 0 saturated heterocycles. The van der Waals surface area contributed by atoms with Crippen LogP contribution in [-0.2, 0) is 23.9 Å². The molecule has 1 rings (SSSR count). The zero-order chi connectivity index (χ0) is 18.8. The molecule has 0 unspecified atom stereocenters. The van der Waals surface area contributed by atoms with Crippen molar-refractivity contribution in [2.24, 2.45) is 5.92 Å². The lowest BCUT2D eigenvalue weighted by Crippen LogP contribution is -2.47. The molecule has 1 amide bonds. The van der Waals surface area contributed by atoms with Gasteiger partial charge in [-0.2, -0.15) is 0 Å². The van der Waals surface area contributed by atoms with Gasteiger partial charge >= 0.3 is 11.9 Å². The molecule has 6 nitrogen and oxygen atoms in total. The van der Waals surface area contributed by atoms with E-state index in [1.807, 2.05) is 13.8 Å². The summed E-state index contributed by atoms with van der Waals surface area (Å²) in [4.78, 5) is 35.3. The van der Waals surface area contributed by atoms with E-state index < -0.39 is 30.5 Å². The summed E-state index contributed by atoms with van der Waals surface area (Å²) in [5.41, 5.74) is 0.660. The first-order valence-electron chi connectivity index (χ1n) is 7.85. The van der Waals surface area contributed by atoms with E-state index in [4.69, 9.17) is 16.3 Å². The molecule has 0 radical (unpaired) electrons. The van der Waals surface area contributed by atoms with Crippen LogP contribution in [0.2, 0.25) is 5.02 Å². The number of amides is 1. The number of rotatable bonds is 8. The third-order valence-electron chi connectivity index (χ3n) is 3.63. The Hall–Kier alpha value is -2.34. The van der Waals surface area contributed by atoms with Crippen molar-refractivity contribution in [1.82, 2.24) is 5.32 Å². The normalized spacial score (nSPS) is 13.1.